The van der Waals surface area contributed by atoms with E-state index in [4.69, 9.17) is 10.5 Å². The highest BCUT2D eigenvalue weighted by molar-refractivity contribution is 5.51. The maximum absolute atomic E-state index is 5.86. The van der Waals surface area contributed by atoms with Gasteiger partial charge in [-0.05, 0) is 49.2 Å². The zero-order valence-corrected chi connectivity index (χ0v) is 10.2. The van der Waals surface area contributed by atoms with Crippen molar-refractivity contribution < 1.29 is 4.74 Å². The van der Waals surface area contributed by atoms with Crippen molar-refractivity contribution >= 4 is 5.69 Å². The first kappa shape index (κ1) is 11.5. The molecule has 2 aromatic rings. The molecule has 0 radical (unpaired) electrons. The topological polar surface area (TPSA) is 35.2 Å². The van der Waals surface area contributed by atoms with Crippen LogP contribution < -0.4 is 10.5 Å². The van der Waals surface area contributed by atoms with Crippen LogP contribution in [-0.2, 0) is 6.42 Å². The highest BCUT2D eigenvalue weighted by atomic mass is 16.5. The molecule has 88 valence electrons. The molecule has 2 N–H and O–H groups in total. The van der Waals surface area contributed by atoms with Gasteiger partial charge in [0, 0.05) is 5.69 Å². The number of rotatable bonds is 3. The van der Waals surface area contributed by atoms with Crippen molar-refractivity contribution in [1.29, 1.82) is 0 Å². The summed E-state index contributed by atoms with van der Waals surface area (Å²) in [6.45, 7) is 4.14. The molecule has 0 saturated carbocycles. The van der Waals surface area contributed by atoms with E-state index in [1.165, 1.54) is 5.56 Å². The van der Waals surface area contributed by atoms with E-state index in [1.54, 1.807) is 0 Å². The Morgan fingerprint density at radius 2 is 1.65 bits per heavy atom. The maximum Gasteiger partial charge on any atom is 0.127 e. The van der Waals surface area contributed by atoms with Crippen LogP contribution >= 0.6 is 0 Å². The van der Waals surface area contributed by atoms with Crippen molar-refractivity contribution in [2.45, 2.75) is 20.3 Å². The van der Waals surface area contributed by atoms with E-state index >= 15 is 0 Å². The number of nitrogen functional groups attached to an aromatic ring is 1. The number of aryl methyl sites for hydroxylation is 2. The van der Waals surface area contributed by atoms with Gasteiger partial charge in [0.15, 0.2) is 0 Å². The van der Waals surface area contributed by atoms with E-state index in [9.17, 15) is 0 Å². The Labute approximate surface area is 102 Å². The predicted octanol–water partition coefficient (Wildman–Crippen LogP) is 3.93. The van der Waals surface area contributed by atoms with E-state index in [2.05, 4.69) is 13.8 Å². The van der Waals surface area contributed by atoms with Crippen molar-refractivity contribution in [3.05, 3.63) is 53.6 Å². The molecule has 17 heavy (non-hydrogen) atoms. The van der Waals surface area contributed by atoms with Gasteiger partial charge in [-0.2, -0.15) is 0 Å². The second-order valence-electron chi connectivity index (χ2n) is 4.13. The van der Waals surface area contributed by atoms with Gasteiger partial charge in [0.1, 0.15) is 11.5 Å². The number of nitrogens with two attached hydrogens (primary N) is 1. The van der Waals surface area contributed by atoms with Crippen LogP contribution in [0.15, 0.2) is 42.5 Å². The molecule has 0 saturated heterocycles. The quantitative estimate of drug-likeness (QED) is 0.806. The second-order valence-corrected chi connectivity index (χ2v) is 4.13. The predicted molar refractivity (Wildman–Crippen MR) is 71.5 cm³/mol. The highest BCUT2D eigenvalue weighted by Crippen LogP contribution is 2.25. The standard InChI is InChI=1S/C15H17NO/c1-3-12-10-14(8-9-15(12)16)17-13-6-4-11(2)5-7-13/h4-10H,3,16H2,1-2H3. The first-order chi connectivity index (χ1) is 8.19. The lowest BCUT2D eigenvalue weighted by Gasteiger charge is -2.09. The normalized spacial score (nSPS) is 10.2. The Hall–Kier alpha value is -1.96. The summed E-state index contributed by atoms with van der Waals surface area (Å²) in [5, 5.41) is 0. The minimum Gasteiger partial charge on any atom is -0.457 e. The lowest BCUT2D eigenvalue weighted by atomic mass is 10.1. The van der Waals surface area contributed by atoms with E-state index < -0.39 is 0 Å². The summed E-state index contributed by atoms with van der Waals surface area (Å²) < 4.78 is 5.78. The third kappa shape index (κ3) is 2.78. The van der Waals surface area contributed by atoms with Crippen LogP contribution in [0.3, 0.4) is 0 Å². The third-order valence-corrected chi connectivity index (χ3v) is 2.75. The fourth-order valence-electron chi connectivity index (χ4n) is 1.69. The monoisotopic (exact) mass is 227 g/mol. The Morgan fingerprint density at radius 3 is 2.29 bits per heavy atom. The molecule has 2 nitrogen and oxygen atoms in total. The van der Waals surface area contributed by atoms with Gasteiger partial charge in [-0.1, -0.05) is 24.6 Å². The van der Waals surface area contributed by atoms with Crippen LogP contribution in [0.1, 0.15) is 18.1 Å². The summed E-state index contributed by atoms with van der Waals surface area (Å²) in [5.41, 5.74) is 9.03. The second kappa shape index (κ2) is 4.91. The molecular formula is C15H17NO. The fourth-order valence-corrected chi connectivity index (χ4v) is 1.69. The Bertz CT molecular complexity index is 503. The minimum atomic E-state index is 0.823. The maximum atomic E-state index is 5.86. The minimum absolute atomic E-state index is 0.823. The molecule has 0 atom stereocenters. The molecule has 0 aromatic heterocycles. The number of anilines is 1. The SMILES string of the molecule is CCc1cc(Oc2ccc(C)cc2)ccc1N. The summed E-state index contributed by atoms with van der Waals surface area (Å²) in [4.78, 5) is 0. The van der Waals surface area contributed by atoms with Crippen molar-refractivity contribution in [2.24, 2.45) is 0 Å². The smallest absolute Gasteiger partial charge is 0.127 e. The molecule has 0 fully saturated rings. The molecule has 0 aliphatic heterocycles. The van der Waals surface area contributed by atoms with Crippen LogP contribution in [0.2, 0.25) is 0 Å². The van der Waals surface area contributed by atoms with Gasteiger partial charge in [0.2, 0.25) is 0 Å². The van der Waals surface area contributed by atoms with E-state index in [1.807, 2.05) is 42.5 Å². The van der Waals surface area contributed by atoms with Gasteiger partial charge < -0.3 is 10.5 Å². The van der Waals surface area contributed by atoms with Gasteiger partial charge in [0.05, 0.1) is 0 Å². The van der Waals surface area contributed by atoms with Crippen molar-refractivity contribution in [3.8, 4) is 11.5 Å². The van der Waals surface area contributed by atoms with Crippen molar-refractivity contribution in [3.63, 3.8) is 0 Å². The molecule has 0 spiro atoms. The van der Waals surface area contributed by atoms with Gasteiger partial charge in [0.25, 0.3) is 0 Å². The third-order valence-electron chi connectivity index (χ3n) is 2.75. The molecule has 2 heteroatoms. The van der Waals surface area contributed by atoms with Crippen LogP contribution in [0.4, 0.5) is 5.69 Å². The first-order valence-corrected chi connectivity index (χ1v) is 5.82. The highest BCUT2D eigenvalue weighted by Gasteiger charge is 2.01. The van der Waals surface area contributed by atoms with E-state index in [-0.39, 0.29) is 0 Å². The average molecular weight is 227 g/mol. The number of hydrogen-bond acceptors (Lipinski definition) is 2. The largest absolute Gasteiger partial charge is 0.457 e. The van der Waals surface area contributed by atoms with Crippen LogP contribution in [-0.4, -0.2) is 0 Å². The first-order valence-electron chi connectivity index (χ1n) is 5.82. The zero-order chi connectivity index (χ0) is 12.3. The van der Waals surface area contributed by atoms with Gasteiger partial charge in [-0.3, -0.25) is 0 Å². The average Bonchev–Trinajstić information content (AvgIpc) is 2.34. The molecule has 0 heterocycles. The Kier molecular flexibility index (Phi) is 3.33. The summed E-state index contributed by atoms with van der Waals surface area (Å²) in [6, 6.07) is 13.8. The Morgan fingerprint density at radius 1 is 1.00 bits per heavy atom. The van der Waals surface area contributed by atoms with Crippen molar-refractivity contribution in [1.82, 2.24) is 0 Å². The number of hydrogen-bond donors (Lipinski definition) is 1. The summed E-state index contributed by atoms with van der Waals surface area (Å²) in [6.07, 6.45) is 0.914. The lowest BCUT2D eigenvalue weighted by molar-refractivity contribution is 0.482. The number of ether oxygens (including phenoxy) is 1. The molecule has 0 aliphatic rings. The molecule has 2 rings (SSSR count). The molecule has 0 unspecified atom stereocenters. The van der Waals surface area contributed by atoms with Crippen LogP contribution in [0, 0.1) is 6.92 Å². The Balaban J connectivity index is 2.21. The van der Waals surface area contributed by atoms with Gasteiger partial charge in [-0.25, -0.2) is 0 Å². The molecule has 2 aromatic carbocycles. The zero-order valence-electron chi connectivity index (χ0n) is 10.2. The molecule has 0 bridgehead atoms. The van der Waals surface area contributed by atoms with Gasteiger partial charge in [-0.15, -0.1) is 0 Å². The summed E-state index contributed by atoms with van der Waals surface area (Å²) in [5.74, 6) is 1.68. The molecule has 0 amide bonds. The van der Waals surface area contributed by atoms with E-state index in [0.29, 0.717) is 0 Å². The summed E-state index contributed by atoms with van der Waals surface area (Å²) in [7, 11) is 0. The van der Waals surface area contributed by atoms with Crippen LogP contribution in [0.5, 0.6) is 11.5 Å². The lowest BCUT2D eigenvalue weighted by Crippen LogP contribution is -1.93. The fraction of sp³-hybridized carbons (Fsp3) is 0.200. The van der Waals surface area contributed by atoms with Gasteiger partial charge >= 0.3 is 0 Å². The van der Waals surface area contributed by atoms with Crippen LogP contribution in [0.25, 0.3) is 0 Å². The molecule has 0 aliphatic carbocycles. The summed E-state index contributed by atoms with van der Waals surface area (Å²) >= 11 is 0. The number of benzene rings is 2. The van der Waals surface area contributed by atoms with Crippen molar-refractivity contribution in [2.75, 3.05) is 5.73 Å². The van der Waals surface area contributed by atoms with E-state index in [0.717, 1.165) is 29.2 Å². The molecular weight excluding hydrogens is 210 g/mol.